The molecule has 0 atom stereocenters. The second-order valence-corrected chi connectivity index (χ2v) is 16.9. The summed E-state index contributed by atoms with van der Waals surface area (Å²) in [5, 5.41) is 0. The molecule has 0 saturated carbocycles. The van der Waals surface area contributed by atoms with Crippen molar-refractivity contribution in [1.29, 1.82) is 0 Å². The fourth-order valence-electron chi connectivity index (χ4n) is 5.92. The van der Waals surface area contributed by atoms with Gasteiger partial charge in [0.1, 0.15) is 0 Å². The number of rotatable bonds is 6. The summed E-state index contributed by atoms with van der Waals surface area (Å²) in [5.74, 6) is 0. The van der Waals surface area contributed by atoms with Crippen molar-refractivity contribution in [2.45, 2.75) is 10.0 Å². The van der Waals surface area contributed by atoms with Gasteiger partial charge in [-0.1, -0.05) is 0 Å². The molecule has 40 heavy (non-hydrogen) atoms. The fraction of sp³-hybridized carbons (Fsp3) is 0.171. The van der Waals surface area contributed by atoms with Crippen LogP contribution in [-0.2, 0) is 21.3 Å². The molecule has 0 saturated heterocycles. The Labute approximate surface area is 259 Å². The maximum absolute atomic E-state index is 2.60. The van der Waals surface area contributed by atoms with Gasteiger partial charge in [0.05, 0.1) is 0 Å². The molecule has 204 valence electrons. The zero-order valence-electron chi connectivity index (χ0n) is 23.5. The van der Waals surface area contributed by atoms with E-state index in [1.807, 2.05) is 0 Å². The molecule has 5 heteroatoms. The first-order valence-electron chi connectivity index (χ1n) is 13.4. The monoisotopic (exact) mass is 644 g/mol. The van der Waals surface area contributed by atoms with E-state index in [-0.39, 0.29) is 24.8 Å². The number of hydrogen-bond acceptors (Lipinski definition) is 2. The Kier molecular flexibility index (Phi) is 9.73. The summed E-state index contributed by atoms with van der Waals surface area (Å²) in [5.41, 5.74) is 11.1. The van der Waals surface area contributed by atoms with E-state index in [4.69, 9.17) is 0 Å². The molecular formula is C35H36Cl2N2Zr. The van der Waals surface area contributed by atoms with Crippen LogP contribution in [0.2, 0.25) is 0 Å². The standard InChI is InChI=1S/C17H19N2.C13H10.C5H5.2ClH.Zr/c1-18(2)14-7-5-12-9-13-6-8-15(19(3)4)11-17(13)16(12)10-14;1-3-7-12(8-4-1)11-13-9-5-2-6-10-13;1-2-4-5-3-1;;;/h5-11H,1-4H3;1-10H;1-3H,4H2;2*1H;. The van der Waals surface area contributed by atoms with Crippen molar-refractivity contribution in [3.05, 3.63) is 141 Å². The van der Waals surface area contributed by atoms with Crippen LogP contribution in [0.5, 0.6) is 0 Å². The van der Waals surface area contributed by atoms with Gasteiger partial charge in [-0.05, 0) is 0 Å². The van der Waals surface area contributed by atoms with E-state index >= 15 is 0 Å². The molecule has 0 heterocycles. The minimum Gasteiger partial charge on any atom is -0.147 e. The second-order valence-electron chi connectivity index (χ2n) is 10.6. The van der Waals surface area contributed by atoms with Crippen LogP contribution in [0.4, 0.5) is 11.4 Å². The molecule has 6 rings (SSSR count). The van der Waals surface area contributed by atoms with E-state index in [9.17, 15) is 0 Å². The molecule has 0 radical (unpaired) electrons. The molecule has 0 N–H and O–H groups in total. The molecule has 2 aliphatic carbocycles. The Morgan fingerprint density at radius 3 is 1.52 bits per heavy atom. The van der Waals surface area contributed by atoms with Crippen molar-refractivity contribution in [3.8, 4) is 11.1 Å². The van der Waals surface area contributed by atoms with Gasteiger partial charge < -0.3 is 0 Å². The maximum atomic E-state index is 2.45. The topological polar surface area (TPSA) is 6.48 Å². The molecule has 0 unspecified atom stereocenters. The maximum Gasteiger partial charge on any atom is -0.147 e. The predicted molar refractivity (Wildman–Crippen MR) is 175 cm³/mol. The van der Waals surface area contributed by atoms with Gasteiger partial charge in [0, 0.05) is 0 Å². The van der Waals surface area contributed by atoms with Crippen LogP contribution in [-0.4, -0.2) is 31.4 Å². The van der Waals surface area contributed by atoms with E-state index in [1.54, 1.807) is 6.49 Å². The van der Waals surface area contributed by atoms with Gasteiger partial charge in [-0.25, -0.2) is 0 Å². The van der Waals surface area contributed by atoms with Crippen LogP contribution in [0.15, 0.2) is 119 Å². The summed E-state index contributed by atoms with van der Waals surface area (Å²) < 4.78 is 3.70. The smallest absolute Gasteiger partial charge is 0.147 e. The van der Waals surface area contributed by atoms with Crippen LogP contribution >= 0.6 is 24.8 Å². The summed E-state index contributed by atoms with van der Waals surface area (Å²) in [4.78, 5) is 4.44. The van der Waals surface area contributed by atoms with Crippen LogP contribution < -0.4 is 9.80 Å². The van der Waals surface area contributed by atoms with Crippen molar-refractivity contribution in [3.63, 3.8) is 0 Å². The molecule has 0 fully saturated rings. The van der Waals surface area contributed by atoms with E-state index in [2.05, 4.69) is 153 Å². The van der Waals surface area contributed by atoms with Gasteiger partial charge >= 0.3 is 236 Å². The first kappa shape index (κ1) is 30.3. The van der Waals surface area contributed by atoms with Crippen molar-refractivity contribution >= 4 is 39.4 Å². The number of benzene rings is 4. The van der Waals surface area contributed by atoms with Crippen molar-refractivity contribution < 1.29 is 21.3 Å². The quantitative estimate of drug-likeness (QED) is 0.207. The third-order valence-electron chi connectivity index (χ3n) is 7.82. The average Bonchev–Trinajstić information content (AvgIpc) is 3.59. The normalized spacial score (nSPS) is 12.9. The SMILES string of the molecule is CN(C)c1ccc2c(c1)-c1cc(N(C)C)ccc1[CH]2[Zr]([C]1=CC=CC1)=[C](c1ccccc1)c1ccccc1.Cl.Cl. The van der Waals surface area contributed by atoms with Crippen LogP contribution in [0.25, 0.3) is 11.1 Å². The summed E-state index contributed by atoms with van der Waals surface area (Å²) in [7, 11) is 8.55. The van der Waals surface area contributed by atoms with Crippen LogP contribution in [0.1, 0.15) is 32.3 Å². The Bertz CT molecular complexity index is 1490. The molecule has 4 aromatic carbocycles. The van der Waals surface area contributed by atoms with E-state index in [1.165, 1.54) is 44.8 Å². The van der Waals surface area contributed by atoms with Crippen molar-refractivity contribution in [1.82, 2.24) is 0 Å². The number of hydrogen-bond donors (Lipinski definition) is 0. The van der Waals surface area contributed by atoms with Gasteiger partial charge in [-0.15, -0.1) is 24.8 Å². The molecule has 2 nitrogen and oxygen atoms in total. The number of fused-ring (bicyclic) bond motifs is 3. The predicted octanol–water partition coefficient (Wildman–Crippen LogP) is 8.46. The Morgan fingerprint density at radius 2 is 1.12 bits per heavy atom. The van der Waals surface area contributed by atoms with Gasteiger partial charge in [-0.3, -0.25) is 0 Å². The first-order chi connectivity index (χ1) is 18.5. The second kappa shape index (κ2) is 12.9. The van der Waals surface area contributed by atoms with E-state index in [0.717, 1.165) is 6.42 Å². The third kappa shape index (κ3) is 5.57. The summed E-state index contributed by atoms with van der Waals surface area (Å²) in [6, 6.07) is 36.7. The molecule has 0 spiro atoms. The van der Waals surface area contributed by atoms with Crippen LogP contribution in [0.3, 0.4) is 0 Å². The fourth-order valence-corrected chi connectivity index (χ4v) is 15.0. The molecule has 0 amide bonds. The number of nitrogens with zero attached hydrogens (tertiary/aromatic N) is 2. The third-order valence-corrected chi connectivity index (χ3v) is 16.1. The average molecular weight is 647 g/mol. The van der Waals surface area contributed by atoms with Gasteiger partial charge in [0.2, 0.25) is 0 Å². The molecule has 0 aliphatic heterocycles. The minimum atomic E-state index is -2.60. The summed E-state index contributed by atoms with van der Waals surface area (Å²) in [6.07, 6.45) is 8.15. The molecule has 0 bridgehead atoms. The molecule has 4 aromatic rings. The Morgan fingerprint density at radius 1 is 0.650 bits per heavy atom. The zero-order valence-corrected chi connectivity index (χ0v) is 27.6. The Balaban J connectivity index is 0.00000185. The molecule has 2 aliphatic rings. The first-order valence-corrected chi connectivity index (χ1v) is 17.2. The van der Waals surface area contributed by atoms with Crippen molar-refractivity contribution in [2.75, 3.05) is 38.0 Å². The minimum absolute atomic E-state index is 0. The van der Waals surface area contributed by atoms with Gasteiger partial charge in [0.25, 0.3) is 0 Å². The summed E-state index contributed by atoms with van der Waals surface area (Å²) in [6.45, 7) is 0. The Hall–Kier alpha value is -2.71. The number of anilines is 2. The zero-order chi connectivity index (χ0) is 26.2. The van der Waals surface area contributed by atoms with Gasteiger partial charge in [-0.2, -0.15) is 0 Å². The number of halogens is 2. The van der Waals surface area contributed by atoms with Gasteiger partial charge in [0.15, 0.2) is 0 Å². The van der Waals surface area contributed by atoms with Crippen molar-refractivity contribution in [2.24, 2.45) is 0 Å². The summed E-state index contributed by atoms with van der Waals surface area (Å²) >= 11 is -2.60. The number of allylic oxidation sites excluding steroid dienone is 4. The molecular weight excluding hydrogens is 611 g/mol. The van der Waals surface area contributed by atoms with Crippen LogP contribution in [0, 0.1) is 0 Å². The molecule has 0 aromatic heterocycles. The van der Waals surface area contributed by atoms with E-state index < -0.39 is 21.3 Å². The largest absolute Gasteiger partial charge is 0.147 e. The van der Waals surface area contributed by atoms with E-state index in [0.29, 0.717) is 3.63 Å².